The molecule has 2 aromatic rings. The molecule has 0 bridgehead atoms. The van der Waals surface area contributed by atoms with Crippen LogP contribution in [-0.4, -0.2) is 23.6 Å². The molecule has 1 aromatic carbocycles. The van der Waals surface area contributed by atoms with E-state index in [4.69, 9.17) is 11.6 Å². The maximum absolute atomic E-state index is 5.89. The van der Waals surface area contributed by atoms with Crippen LogP contribution in [0.4, 0.5) is 11.6 Å². The van der Waals surface area contributed by atoms with Gasteiger partial charge in [-0.2, -0.15) is 0 Å². The van der Waals surface area contributed by atoms with E-state index in [1.807, 2.05) is 25.2 Å². The monoisotopic (exact) mass is 302 g/mol. The van der Waals surface area contributed by atoms with Crippen molar-refractivity contribution in [1.82, 2.24) is 9.97 Å². The fourth-order valence-electron chi connectivity index (χ4n) is 2.19. The third-order valence-corrected chi connectivity index (χ3v) is 3.83. The van der Waals surface area contributed by atoms with Crippen molar-refractivity contribution < 1.29 is 0 Å². The lowest BCUT2D eigenvalue weighted by Crippen LogP contribution is -2.09. The lowest BCUT2D eigenvalue weighted by molar-refractivity contribution is 0.916. The van der Waals surface area contributed by atoms with Crippen molar-refractivity contribution >= 4 is 23.2 Å². The molecule has 0 aliphatic heterocycles. The molecule has 1 fully saturated rings. The minimum Gasteiger partial charge on any atom is -0.373 e. The molecule has 110 valence electrons. The lowest BCUT2D eigenvalue weighted by Gasteiger charge is -2.09. The van der Waals surface area contributed by atoms with Crippen LogP contribution in [0.2, 0.25) is 5.02 Å². The molecular formula is C16H19ClN4. The zero-order chi connectivity index (χ0) is 14.7. The van der Waals surface area contributed by atoms with Crippen LogP contribution < -0.4 is 10.6 Å². The molecule has 1 saturated carbocycles. The van der Waals surface area contributed by atoms with Gasteiger partial charge in [-0.1, -0.05) is 23.7 Å². The second-order valence-corrected chi connectivity index (χ2v) is 5.76. The molecule has 0 saturated heterocycles. The predicted octanol–water partition coefficient (Wildman–Crippen LogP) is 3.70. The lowest BCUT2D eigenvalue weighted by atomic mass is 10.1. The summed E-state index contributed by atoms with van der Waals surface area (Å²) in [5, 5.41) is 7.25. The number of aromatic nitrogens is 2. The summed E-state index contributed by atoms with van der Waals surface area (Å²) in [5.74, 6) is 3.28. The van der Waals surface area contributed by atoms with Gasteiger partial charge in [0.2, 0.25) is 0 Å². The van der Waals surface area contributed by atoms with Gasteiger partial charge in [-0.3, -0.25) is 0 Å². The van der Waals surface area contributed by atoms with E-state index in [1.54, 1.807) is 0 Å². The normalized spacial score (nSPS) is 14.0. The molecule has 1 aliphatic rings. The van der Waals surface area contributed by atoms with Gasteiger partial charge in [-0.05, 0) is 37.0 Å². The third kappa shape index (κ3) is 3.85. The molecule has 0 spiro atoms. The largest absolute Gasteiger partial charge is 0.373 e. The number of anilines is 2. The number of benzene rings is 1. The van der Waals surface area contributed by atoms with Gasteiger partial charge in [-0.15, -0.1) is 0 Å². The third-order valence-electron chi connectivity index (χ3n) is 3.58. The zero-order valence-electron chi connectivity index (χ0n) is 12.1. The zero-order valence-corrected chi connectivity index (χ0v) is 12.8. The summed E-state index contributed by atoms with van der Waals surface area (Å²) in [6.07, 6.45) is 3.35. The highest BCUT2D eigenvalue weighted by Gasteiger charge is 2.27. The summed E-state index contributed by atoms with van der Waals surface area (Å²) in [7, 11) is 1.89. The summed E-state index contributed by atoms with van der Waals surface area (Å²) >= 11 is 5.89. The van der Waals surface area contributed by atoms with Gasteiger partial charge in [0.05, 0.1) is 0 Å². The maximum Gasteiger partial charge on any atom is 0.136 e. The van der Waals surface area contributed by atoms with Crippen LogP contribution in [0.1, 0.15) is 30.1 Å². The Morgan fingerprint density at radius 3 is 2.52 bits per heavy atom. The molecule has 1 heterocycles. The number of hydrogen-bond donors (Lipinski definition) is 2. The van der Waals surface area contributed by atoms with Crippen molar-refractivity contribution in [3.63, 3.8) is 0 Å². The Morgan fingerprint density at radius 2 is 1.86 bits per heavy atom. The Bertz CT molecular complexity index is 608. The summed E-state index contributed by atoms with van der Waals surface area (Å²) < 4.78 is 0. The average molecular weight is 303 g/mol. The van der Waals surface area contributed by atoms with Crippen molar-refractivity contribution in [3.8, 4) is 0 Å². The minimum atomic E-state index is 0.551. The maximum atomic E-state index is 5.89. The molecule has 21 heavy (non-hydrogen) atoms. The first-order chi connectivity index (χ1) is 10.2. The van der Waals surface area contributed by atoms with Gasteiger partial charge in [0.25, 0.3) is 0 Å². The van der Waals surface area contributed by atoms with Crippen molar-refractivity contribution in [2.24, 2.45) is 0 Å². The number of hydrogen-bond acceptors (Lipinski definition) is 4. The SMILES string of the molecule is CNc1cc(NCCc2ccc(Cl)cc2)nc(C2CC2)n1. The van der Waals surface area contributed by atoms with Crippen LogP contribution in [0.3, 0.4) is 0 Å². The summed E-state index contributed by atoms with van der Waals surface area (Å²) in [4.78, 5) is 9.12. The molecule has 1 aliphatic carbocycles. The number of nitrogens with one attached hydrogen (secondary N) is 2. The van der Waals surface area contributed by atoms with Crippen LogP contribution in [0.15, 0.2) is 30.3 Å². The second-order valence-electron chi connectivity index (χ2n) is 5.32. The molecule has 0 unspecified atom stereocenters. The van der Waals surface area contributed by atoms with Gasteiger partial charge in [-0.25, -0.2) is 9.97 Å². The van der Waals surface area contributed by atoms with Crippen LogP contribution in [0.25, 0.3) is 0 Å². The van der Waals surface area contributed by atoms with E-state index in [1.165, 1.54) is 18.4 Å². The van der Waals surface area contributed by atoms with Crippen molar-refractivity contribution in [1.29, 1.82) is 0 Å². The molecule has 1 aromatic heterocycles. The van der Waals surface area contributed by atoms with Gasteiger partial charge in [0, 0.05) is 30.6 Å². The van der Waals surface area contributed by atoms with E-state index >= 15 is 0 Å². The molecule has 4 nitrogen and oxygen atoms in total. The number of nitrogens with zero attached hydrogens (tertiary/aromatic N) is 2. The fourth-order valence-corrected chi connectivity index (χ4v) is 2.32. The molecule has 0 radical (unpaired) electrons. The molecule has 0 amide bonds. The van der Waals surface area contributed by atoms with E-state index < -0.39 is 0 Å². The Morgan fingerprint density at radius 1 is 1.14 bits per heavy atom. The molecule has 2 N–H and O–H groups in total. The quantitative estimate of drug-likeness (QED) is 0.854. The summed E-state index contributed by atoms with van der Waals surface area (Å²) in [5.41, 5.74) is 1.26. The van der Waals surface area contributed by atoms with Crippen molar-refractivity contribution in [2.75, 3.05) is 24.2 Å². The van der Waals surface area contributed by atoms with E-state index in [0.717, 1.165) is 35.4 Å². The highest BCUT2D eigenvalue weighted by Crippen LogP contribution is 2.38. The Kier molecular flexibility index (Phi) is 4.25. The van der Waals surface area contributed by atoms with Crippen LogP contribution in [0, 0.1) is 0 Å². The Hall–Kier alpha value is -1.81. The topological polar surface area (TPSA) is 49.8 Å². The Labute approximate surface area is 130 Å². The predicted molar refractivity (Wildman–Crippen MR) is 87.2 cm³/mol. The van der Waals surface area contributed by atoms with Gasteiger partial charge >= 0.3 is 0 Å². The van der Waals surface area contributed by atoms with E-state index in [9.17, 15) is 0 Å². The van der Waals surface area contributed by atoms with E-state index in [2.05, 4.69) is 32.7 Å². The highest BCUT2D eigenvalue weighted by molar-refractivity contribution is 6.30. The standard InChI is InChI=1S/C16H19ClN4/c1-18-14-10-15(21-16(20-14)12-4-5-12)19-9-8-11-2-6-13(17)7-3-11/h2-3,6-7,10,12H,4-5,8-9H2,1H3,(H2,18,19,20,21). The molecular weight excluding hydrogens is 284 g/mol. The van der Waals surface area contributed by atoms with Crippen LogP contribution >= 0.6 is 11.6 Å². The molecule has 5 heteroatoms. The van der Waals surface area contributed by atoms with Crippen LogP contribution in [0.5, 0.6) is 0 Å². The second kappa shape index (κ2) is 6.31. The van der Waals surface area contributed by atoms with Gasteiger partial charge in [0.15, 0.2) is 0 Å². The minimum absolute atomic E-state index is 0.551. The first-order valence-corrected chi connectivity index (χ1v) is 7.67. The first kappa shape index (κ1) is 14.1. The average Bonchev–Trinajstić information content (AvgIpc) is 3.34. The van der Waals surface area contributed by atoms with Crippen LogP contribution in [-0.2, 0) is 6.42 Å². The summed E-state index contributed by atoms with van der Waals surface area (Å²) in [6, 6.07) is 9.91. The van der Waals surface area contributed by atoms with Crippen molar-refractivity contribution in [3.05, 3.63) is 46.7 Å². The molecule has 0 atom stereocenters. The van der Waals surface area contributed by atoms with E-state index in [-0.39, 0.29) is 0 Å². The number of halogens is 1. The molecule has 3 rings (SSSR count). The number of rotatable bonds is 6. The highest BCUT2D eigenvalue weighted by atomic mass is 35.5. The first-order valence-electron chi connectivity index (χ1n) is 7.29. The smallest absolute Gasteiger partial charge is 0.136 e. The van der Waals surface area contributed by atoms with Gasteiger partial charge in [0.1, 0.15) is 17.5 Å². The van der Waals surface area contributed by atoms with Crippen molar-refractivity contribution in [2.45, 2.75) is 25.2 Å². The fraction of sp³-hybridized carbons (Fsp3) is 0.375. The summed E-state index contributed by atoms with van der Waals surface area (Å²) in [6.45, 7) is 0.839. The van der Waals surface area contributed by atoms with Gasteiger partial charge < -0.3 is 10.6 Å². The van der Waals surface area contributed by atoms with E-state index in [0.29, 0.717) is 5.92 Å². The Balaban J connectivity index is 1.61.